The third kappa shape index (κ3) is 3.55. The van der Waals surface area contributed by atoms with Gasteiger partial charge in [0.15, 0.2) is 0 Å². The van der Waals surface area contributed by atoms with Crippen molar-refractivity contribution in [3.05, 3.63) is 28.7 Å². The van der Waals surface area contributed by atoms with Crippen molar-refractivity contribution < 1.29 is 9.53 Å². The van der Waals surface area contributed by atoms with Crippen LogP contribution in [0.15, 0.2) is 23.1 Å². The maximum Gasteiger partial charge on any atom is 0.250 e. The Morgan fingerprint density at radius 3 is 2.87 bits per heavy atom. The molecule has 0 spiro atoms. The van der Waals surface area contributed by atoms with E-state index in [1.54, 1.807) is 19.3 Å². The maximum absolute atomic E-state index is 11.2. The zero-order valence-electron chi connectivity index (χ0n) is 8.82. The number of rotatable bonds is 4. The molecule has 0 radical (unpaired) electrons. The summed E-state index contributed by atoms with van der Waals surface area (Å²) in [6.45, 7) is 2.35. The Hall–Kier alpha value is -1.62. The van der Waals surface area contributed by atoms with Crippen LogP contribution in [0.3, 0.4) is 0 Å². The van der Waals surface area contributed by atoms with E-state index in [0.29, 0.717) is 12.3 Å². The van der Waals surface area contributed by atoms with Crippen molar-refractivity contribution in [2.45, 2.75) is 6.92 Å². The highest BCUT2D eigenvalue weighted by Gasteiger charge is 2.02. The predicted octanol–water partition coefficient (Wildman–Crippen LogP) is 0.360. The van der Waals surface area contributed by atoms with Crippen LogP contribution in [0.1, 0.15) is 6.92 Å². The van der Waals surface area contributed by atoms with E-state index in [9.17, 15) is 9.59 Å². The first kappa shape index (κ1) is 11.5. The van der Waals surface area contributed by atoms with Gasteiger partial charge in [0.2, 0.25) is 11.5 Å². The van der Waals surface area contributed by atoms with E-state index in [-0.39, 0.29) is 18.1 Å². The summed E-state index contributed by atoms with van der Waals surface area (Å²) < 4.78 is 6.34. The molecule has 0 saturated carbocycles. The minimum atomic E-state index is -0.226. The second-order valence-electron chi connectivity index (χ2n) is 3.05. The summed E-state index contributed by atoms with van der Waals surface area (Å²) in [6.07, 6.45) is 1.56. The van der Waals surface area contributed by atoms with Crippen molar-refractivity contribution in [2.75, 3.05) is 18.5 Å². The number of aromatic nitrogens is 1. The SMILES string of the molecule is CCOCC(=O)Nc1ccc(=O)n(C)c1. The van der Waals surface area contributed by atoms with Gasteiger partial charge in [0, 0.05) is 25.9 Å². The summed E-state index contributed by atoms with van der Waals surface area (Å²) in [5.74, 6) is -0.226. The number of pyridine rings is 1. The molecule has 0 saturated heterocycles. The van der Waals surface area contributed by atoms with E-state index >= 15 is 0 Å². The maximum atomic E-state index is 11.2. The normalized spacial score (nSPS) is 10.0. The molecule has 0 aliphatic carbocycles. The Balaban J connectivity index is 2.61. The number of amides is 1. The molecule has 0 bridgehead atoms. The van der Waals surface area contributed by atoms with Gasteiger partial charge in [-0.05, 0) is 13.0 Å². The molecule has 0 unspecified atom stereocenters. The summed E-state index contributed by atoms with van der Waals surface area (Å²) in [4.78, 5) is 22.3. The molecule has 1 N–H and O–H groups in total. The molecular weight excluding hydrogens is 196 g/mol. The van der Waals surface area contributed by atoms with Crippen LogP contribution in [0, 0.1) is 0 Å². The average molecular weight is 210 g/mol. The van der Waals surface area contributed by atoms with Gasteiger partial charge in [-0.3, -0.25) is 9.59 Å². The molecule has 0 fully saturated rings. The molecule has 5 nitrogen and oxygen atoms in total. The lowest BCUT2D eigenvalue weighted by molar-refractivity contribution is -0.120. The largest absolute Gasteiger partial charge is 0.372 e. The number of nitrogens with zero attached hydrogens (tertiary/aromatic N) is 1. The van der Waals surface area contributed by atoms with Gasteiger partial charge in [-0.25, -0.2) is 0 Å². The number of nitrogens with one attached hydrogen (secondary N) is 1. The van der Waals surface area contributed by atoms with Crippen LogP contribution >= 0.6 is 0 Å². The smallest absolute Gasteiger partial charge is 0.250 e. The van der Waals surface area contributed by atoms with Gasteiger partial charge in [-0.2, -0.15) is 0 Å². The van der Waals surface area contributed by atoms with Gasteiger partial charge in [-0.1, -0.05) is 0 Å². The van der Waals surface area contributed by atoms with Gasteiger partial charge >= 0.3 is 0 Å². The zero-order chi connectivity index (χ0) is 11.3. The van der Waals surface area contributed by atoms with Crippen molar-refractivity contribution in [3.63, 3.8) is 0 Å². The van der Waals surface area contributed by atoms with E-state index in [1.807, 2.05) is 6.92 Å². The summed E-state index contributed by atoms with van der Waals surface area (Å²) >= 11 is 0. The molecular formula is C10H14N2O3. The number of carbonyl (C=O) groups is 1. The molecule has 0 atom stereocenters. The summed E-state index contributed by atoms with van der Waals surface area (Å²) in [5, 5.41) is 2.62. The molecule has 1 rings (SSSR count). The number of anilines is 1. The third-order valence-electron chi connectivity index (χ3n) is 1.81. The van der Waals surface area contributed by atoms with Crippen LogP contribution in [0.4, 0.5) is 5.69 Å². The molecule has 82 valence electrons. The van der Waals surface area contributed by atoms with E-state index < -0.39 is 0 Å². The van der Waals surface area contributed by atoms with Crippen molar-refractivity contribution >= 4 is 11.6 Å². The topological polar surface area (TPSA) is 60.3 Å². The lowest BCUT2D eigenvalue weighted by atomic mass is 10.4. The molecule has 1 heterocycles. The van der Waals surface area contributed by atoms with Gasteiger partial charge < -0.3 is 14.6 Å². The zero-order valence-corrected chi connectivity index (χ0v) is 8.82. The first-order valence-corrected chi connectivity index (χ1v) is 4.67. The fourth-order valence-corrected chi connectivity index (χ4v) is 1.06. The number of hydrogen-bond acceptors (Lipinski definition) is 3. The van der Waals surface area contributed by atoms with Crippen molar-refractivity contribution in [3.8, 4) is 0 Å². The Morgan fingerprint density at radius 2 is 2.27 bits per heavy atom. The van der Waals surface area contributed by atoms with Gasteiger partial charge in [0.05, 0.1) is 5.69 Å². The minimum absolute atomic E-state index is 0.0271. The molecule has 1 amide bonds. The average Bonchev–Trinajstić information content (AvgIpc) is 2.20. The fourth-order valence-electron chi connectivity index (χ4n) is 1.06. The summed E-state index contributed by atoms with van der Waals surface area (Å²) in [7, 11) is 1.63. The highest BCUT2D eigenvalue weighted by atomic mass is 16.5. The van der Waals surface area contributed by atoms with E-state index in [0.717, 1.165) is 0 Å². The van der Waals surface area contributed by atoms with Gasteiger partial charge in [-0.15, -0.1) is 0 Å². The monoisotopic (exact) mass is 210 g/mol. The number of ether oxygens (including phenoxy) is 1. The molecule has 1 aromatic rings. The van der Waals surface area contributed by atoms with E-state index in [4.69, 9.17) is 4.74 Å². The molecule has 5 heteroatoms. The van der Waals surface area contributed by atoms with Crippen molar-refractivity contribution in [1.82, 2.24) is 4.57 Å². The molecule has 0 aliphatic rings. The van der Waals surface area contributed by atoms with E-state index in [1.165, 1.54) is 10.6 Å². The highest BCUT2D eigenvalue weighted by Crippen LogP contribution is 2.01. The summed E-state index contributed by atoms with van der Waals surface area (Å²) in [5.41, 5.74) is 0.472. The molecule has 0 aromatic carbocycles. The molecule has 1 aromatic heterocycles. The molecule has 0 aliphatic heterocycles. The lowest BCUT2D eigenvalue weighted by Crippen LogP contribution is -2.21. The lowest BCUT2D eigenvalue weighted by Gasteiger charge is -2.06. The van der Waals surface area contributed by atoms with Crippen LogP contribution in [0.5, 0.6) is 0 Å². The summed E-state index contributed by atoms with van der Waals surface area (Å²) in [6, 6.07) is 2.96. The number of aryl methyl sites for hydroxylation is 1. The van der Waals surface area contributed by atoms with Crippen LogP contribution in [-0.4, -0.2) is 23.7 Å². The van der Waals surface area contributed by atoms with Crippen LogP contribution in [0.25, 0.3) is 0 Å². The minimum Gasteiger partial charge on any atom is -0.372 e. The Morgan fingerprint density at radius 1 is 1.53 bits per heavy atom. The molecule has 15 heavy (non-hydrogen) atoms. The second kappa shape index (κ2) is 5.31. The Labute approximate surface area is 87.7 Å². The van der Waals surface area contributed by atoms with E-state index in [2.05, 4.69) is 5.32 Å². The fraction of sp³-hybridized carbons (Fsp3) is 0.400. The van der Waals surface area contributed by atoms with Gasteiger partial charge in [0.1, 0.15) is 6.61 Å². The predicted molar refractivity (Wildman–Crippen MR) is 56.8 cm³/mol. The van der Waals surface area contributed by atoms with Crippen LogP contribution in [-0.2, 0) is 16.6 Å². The van der Waals surface area contributed by atoms with Crippen LogP contribution < -0.4 is 10.9 Å². The number of carbonyl (C=O) groups excluding carboxylic acids is 1. The third-order valence-corrected chi connectivity index (χ3v) is 1.81. The Bertz CT molecular complexity index is 398. The standard InChI is InChI=1S/C10H14N2O3/c1-3-15-7-9(13)11-8-4-5-10(14)12(2)6-8/h4-6H,3,7H2,1-2H3,(H,11,13). The van der Waals surface area contributed by atoms with Gasteiger partial charge in [0.25, 0.3) is 0 Å². The first-order chi connectivity index (χ1) is 7.13. The second-order valence-corrected chi connectivity index (χ2v) is 3.05. The Kier molecular flexibility index (Phi) is 4.05. The van der Waals surface area contributed by atoms with Crippen molar-refractivity contribution in [2.24, 2.45) is 7.05 Å². The quantitative estimate of drug-likeness (QED) is 0.780. The van der Waals surface area contributed by atoms with Crippen molar-refractivity contribution in [1.29, 1.82) is 0 Å². The number of hydrogen-bond donors (Lipinski definition) is 1. The van der Waals surface area contributed by atoms with Crippen LogP contribution in [0.2, 0.25) is 0 Å². The highest BCUT2D eigenvalue weighted by molar-refractivity contribution is 5.91. The first-order valence-electron chi connectivity index (χ1n) is 4.67.